The van der Waals surface area contributed by atoms with Gasteiger partial charge in [-0.1, -0.05) is 35.7 Å². The van der Waals surface area contributed by atoms with Gasteiger partial charge in [0.25, 0.3) is 5.69 Å². The van der Waals surface area contributed by atoms with E-state index in [9.17, 15) is 10.1 Å². The molecule has 2 aromatic carbocycles. The van der Waals surface area contributed by atoms with E-state index in [-0.39, 0.29) is 5.69 Å². The van der Waals surface area contributed by atoms with Gasteiger partial charge in [-0.25, -0.2) is 0 Å². The monoisotopic (exact) mass is 237 g/mol. The highest BCUT2D eigenvalue weighted by atomic mass is 16.6. The van der Waals surface area contributed by atoms with Crippen LogP contribution in [0.3, 0.4) is 0 Å². The second kappa shape index (κ2) is 4.72. The van der Waals surface area contributed by atoms with E-state index in [1.165, 1.54) is 6.07 Å². The minimum atomic E-state index is -0.463. The van der Waals surface area contributed by atoms with Gasteiger partial charge in [-0.2, -0.15) is 0 Å². The van der Waals surface area contributed by atoms with Gasteiger partial charge in [0.1, 0.15) is 5.56 Å². The van der Waals surface area contributed by atoms with Crippen molar-refractivity contribution in [1.29, 1.82) is 0 Å². The molecule has 0 aromatic heterocycles. The summed E-state index contributed by atoms with van der Waals surface area (Å²) >= 11 is 0. The SMILES string of the molecule is C#Cc1cc(-c2cccc(C)c2)ccc1[N+](=O)[O-]. The van der Waals surface area contributed by atoms with Crippen molar-refractivity contribution in [3.63, 3.8) is 0 Å². The molecular formula is C15H11NO2. The van der Waals surface area contributed by atoms with Crippen LogP contribution in [0.25, 0.3) is 11.1 Å². The summed E-state index contributed by atoms with van der Waals surface area (Å²) in [5.74, 6) is 2.36. The number of hydrogen-bond donors (Lipinski definition) is 0. The summed E-state index contributed by atoms with van der Waals surface area (Å²) in [5, 5.41) is 10.8. The van der Waals surface area contributed by atoms with E-state index in [4.69, 9.17) is 6.42 Å². The Hall–Kier alpha value is -2.60. The highest BCUT2D eigenvalue weighted by Crippen LogP contribution is 2.26. The Bertz CT molecular complexity index is 654. The van der Waals surface area contributed by atoms with E-state index >= 15 is 0 Å². The second-order valence-electron chi connectivity index (χ2n) is 4.00. The van der Waals surface area contributed by atoms with Crippen molar-refractivity contribution >= 4 is 5.69 Å². The number of hydrogen-bond acceptors (Lipinski definition) is 2. The van der Waals surface area contributed by atoms with Crippen LogP contribution in [0.1, 0.15) is 11.1 Å². The quantitative estimate of drug-likeness (QED) is 0.455. The number of nitro groups is 1. The first-order valence-corrected chi connectivity index (χ1v) is 5.44. The third-order valence-electron chi connectivity index (χ3n) is 2.70. The molecule has 0 heterocycles. The van der Waals surface area contributed by atoms with Crippen molar-refractivity contribution in [2.75, 3.05) is 0 Å². The fraction of sp³-hybridized carbons (Fsp3) is 0.0667. The van der Waals surface area contributed by atoms with Gasteiger partial charge in [0.2, 0.25) is 0 Å². The van der Waals surface area contributed by atoms with Crippen LogP contribution >= 0.6 is 0 Å². The van der Waals surface area contributed by atoms with Crippen LogP contribution in [0.2, 0.25) is 0 Å². The molecule has 0 bridgehead atoms. The van der Waals surface area contributed by atoms with E-state index in [1.807, 2.05) is 31.2 Å². The van der Waals surface area contributed by atoms with Gasteiger partial charge in [0.15, 0.2) is 0 Å². The molecule has 0 atom stereocenters. The molecule has 3 nitrogen and oxygen atoms in total. The lowest BCUT2D eigenvalue weighted by atomic mass is 10.0. The molecule has 0 spiro atoms. The predicted molar refractivity (Wildman–Crippen MR) is 71.2 cm³/mol. The van der Waals surface area contributed by atoms with Crippen molar-refractivity contribution < 1.29 is 4.92 Å². The second-order valence-corrected chi connectivity index (χ2v) is 4.00. The van der Waals surface area contributed by atoms with Gasteiger partial charge < -0.3 is 0 Å². The maximum atomic E-state index is 10.8. The molecule has 0 unspecified atom stereocenters. The van der Waals surface area contributed by atoms with Gasteiger partial charge in [-0.05, 0) is 30.2 Å². The van der Waals surface area contributed by atoms with E-state index in [2.05, 4.69) is 5.92 Å². The summed E-state index contributed by atoms with van der Waals surface area (Å²) in [4.78, 5) is 10.3. The van der Waals surface area contributed by atoms with Crippen LogP contribution in [0.5, 0.6) is 0 Å². The summed E-state index contributed by atoms with van der Waals surface area (Å²) in [5.41, 5.74) is 3.29. The smallest absolute Gasteiger partial charge is 0.258 e. The molecule has 88 valence electrons. The van der Waals surface area contributed by atoms with Crippen molar-refractivity contribution in [1.82, 2.24) is 0 Å². The minimum absolute atomic E-state index is 0.0334. The standard InChI is InChI=1S/C15H11NO2/c1-3-12-10-14(7-8-15(12)16(17)18)13-6-4-5-11(2)9-13/h1,4-10H,2H3. The van der Waals surface area contributed by atoms with E-state index in [1.54, 1.807) is 12.1 Å². The normalized spacial score (nSPS) is 9.78. The van der Waals surface area contributed by atoms with Gasteiger partial charge >= 0.3 is 0 Å². The molecule has 0 saturated carbocycles. The molecule has 0 N–H and O–H groups in total. The number of rotatable bonds is 2. The summed E-state index contributed by atoms with van der Waals surface area (Å²) in [6, 6.07) is 12.8. The number of nitro benzene ring substituents is 1. The number of aryl methyl sites for hydroxylation is 1. The minimum Gasteiger partial charge on any atom is -0.258 e. The topological polar surface area (TPSA) is 43.1 Å². The molecule has 2 aromatic rings. The first-order valence-electron chi connectivity index (χ1n) is 5.44. The fourth-order valence-corrected chi connectivity index (χ4v) is 1.82. The molecule has 0 saturated heterocycles. The van der Waals surface area contributed by atoms with Crippen LogP contribution in [-0.2, 0) is 0 Å². The average Bonchev–Trinajstić information content (AvgIpc) is 2.37. The van der Waals surface area contributed by atoms with Gasteiger partial charge in [0, 0.05) is 6.07 Å². The van der Waals surface area contributed by atoms with Crippen molar-refractivity contribution in [2.45, 2.75) is 6.92 Å². The summed E-state index contributed by atoms with van der Waals surface area (Å²) in [6.45, 7) is 2.00. The highest BCUT2D eigenvalue weighted by molar-refractivity contribution is 5.69. The summed E-state index contributed by atoms with van der Waals surface area (Å²) in [7, 11) is 0. The molecule has 0 radical (unpaired) electrons. The zero-order chi connectivity index (χ0) is 13.1. The summed E-state index contributed by atoms with van der Waals surface area (Å²) in [6.07, 6.45) is 5.31. The van der Waals surface area contributed by atoms with Gasteiger partial charge in [-0.3, -0.25) is 10.1 Å². The number of nitrogens with zero attached hydrogens (tertiary/aromatic N) is 1. The molecule has 0 amide bonds. The van der Waals surface area contributed by atoms with Crippen molar-refractivity contribution in [2.24, 2.45) is 0 Å². The molecule has 0 aliphatic carbocycles. The third kappa shape index (κ3) is 2.23. The molecular weight excluding hydrogens is 226 g/mol. The Labute approximate surface area is 105 Å². The Morgan fingerprint density at radius 1 is 1.17 bits per heavy atom. The zero-order valence-corrected chi connectivity index (χ0v) is 9.88. The Morgan fingerprint density at radius 3 is 2.50 bits per heavy atom. The molecule has 0 fully saturated rings. The maximum Gasteiger partial charge on any atom is 0.284 e. The van der Waals surface area contributed by atoms with Crippen molar-refractivity contribution in [3.05, 3.63) is 63.7 Å². The zero-order valence-electron chi connectivity index (χ0n) is 9.88. The lowest BCUT2D eigenvalue weighted by molar-refractivity contribution is -0.385. The van der Waals surface area contributed by atoms with Crippen LogP contribution in [0.15, 0.2) is 42.5 Å². The number of terminal acetylenes is 1. The van der Waals surface area contributed by atoms with Crippen molar-refractivity contribution in [3.8, 4) is 23.5 Å². The predicted octanol–water partition coefficient (Wildman–Crippen LogP) is 3.55. The fourth-order valence-electron chi connectivity index (χ4n) is 1.82. The van der Waals surface area contributed by atoms with Crippen LogP contribution in [-0.4, -0.2) is 4.92 Å². The van der Waals surface area contributed by atoms with Crippen LogP contribution in [0, 0.1) is 29.4 Å². The molecule has 2 rings (SSSR count). The average molecular weight is 237 g/mol. The molecule has 18 heavy (non-hydrogen) atoms. The third-order valence-corrected chi connectivity index (χ3v) is 2.70. The maximum absolute atomic E-state index is 10.8. The molecule has 3 heteroatoms. The first kappa shape index (κ1) is 11.9. The Morgan fingerprint density at radius 2 is 1.89 bits per heavy atom. The van der Waals surface area contributed by atoms with Gasteiger partial charge in [0.05, 0.1) is 4.92 Å². The number of benzene rings is 2. The summed E-state index contributed by atoms with van der Waals surface area (Å²) < 4.78 is 0. The lowest BCUT2D eigenvalue weighted by Gasteiger charge is -2.04. The Kier molecular flexibility index (Phi) is 3.11. The van der Waals surface area contributed by atoms with E-state index in [0.29, 0.717) is 5.56 Å². The van der Waals surface area contributed by atoms with Gasteiger partial charge in [-0.15, -0.1) is 6.42 Å². The van der Waals surface area contributed by atoms with E-state index in [0.717, 1.165) is 16.7 Å². The highest BCUT2D eigenvalue weighted by Gasteiger charge is 2.12. The largest absolute Gasteiger partial charge is 0.284 e. The van der Waals surface area contributed by atoms with E-state index < -0.39 is 4.92 Å². The molecule has 0 aliphatic rings. The Balaban J connectivity index is 2.55. The first-order chi connectivity index (χ1) is 8.61. The lowest BCUT2D eigenvalue weighted by Crippen LogP contribution is -1.92. The van der Waals surface area contributed by atoms with Crippen LogP contribution < -0.4 is 0 Å². The van der Waals surface area contributed by atoms with Crippen LogP contribution in [0.4, 0.5) is 5.69 Å². The molecule has 0 aliphatic heterocycles.